The highest BCUT2D eigenvalue weighted by Gasteiger charge is 2.50. The van der Waals surface area contributed by atoms with Gasteiger partial charge >= 0.3 is 5.97 Å². The number of halogens is 3. The molecule has 19 nitrogen and oxygen atoms in total. The van der Waals surface area contributed by atoms with Gasteiger partial charge in [0.05, 0.1) is 64.4 Å². The van der Waals surface area contributed by atoms with Crippen molar-refractivity contribution < 1.29 is 67.9 Å². The largest absolute Gasteiger partial charge is 0.493 e. The van der Waals surface area contributed by atoms with Gasteiger partial charge in [-0.3, -0.25) is 4.79 Å². The Morgan fingerprint density at radius 2 is 1.65 bits per heavy atom. The maximum Gasteiger partial charge on any atom is 0.312 e. The lowest BCUT2D eigenvalue weighted by Crippen LogP contribution is -2.58. The lowest BCUT2D eigenvalue weighted by molar-refractivity contribution is -0.299. The number of aromatic nitrogens is 1. The van der Waals surface area contributed by atoms with Gasteiger partial charge in [-0.05, 0) is 121 Å². The van der Waals surface area contributed by atoms with E-state index in [9.17, 15) is 34.7 Å². The topological polar surface area (TPSA) is 243 Å². The third-order valence-corrected chi connectivity index (χ3v) is 17.9. The number of alkyl halides is 2. The number of aliphatic hydroxyl groups excluding tert-OH is 2. The number of methoxy groups -OCH3 is 2. The molecule has 8 N–H and O–H groups in total. The zero-order chi connectivity index (χ0) is 55.7. The fourth-order valence-corrected chi connectivity index (χ4v) is 11.6. The van der Waals surface area contributed by atoms with Crippen molar-refractivity contribution >= 4 is 51.4 Å². The molecule has 0 aliphatic carbocycles. The lowest BCUT2D eigenvalue weighted by Gasteiger charge is -2.46. The van der Waals surface area contributed by atoms with Crippen LogP contribution in [0, 0.1) is 11.8 Å². The summed E-state index contributed by atoms with van der Waals surface area (Å²) in [6.07, 6.45) is -2.35. The van der Waals surface area contributed by atoms with Crippen LogP contribution in [0.2, 0.25) is 0 Å². The van der Waals surface area contributed by atoms with Crippen LogP contribution in [-0.4, -0.2) is 188 Å². The first-order valence-corrected chi connectivity index (χ1v) is 28.2. The van der Waals surface area contributed by atoms with Gasteiger partial charge in [0, 0.05) is 94.8 Å². The van der Waals surface area contributed by atoms with Gasteiger partial charge in [-0.2, -0.15) is 0 Å². The molecule has 0 saturated carbocycles. The van der Waals surface area contributed by atoms with Crippen molar-refractivity contribution in [1.29, 1.82) is 0 Å². The number of hydrogen-bond donors (Lipinski definition) is 7. The molecule has 0 bridgehead atoms. The van der Waals surface area contributed by atoms with Crippen molar-refractivity contribution in [2.45, 2.75) is 188 Å². The van der Waals surface area contributed by atoms with Crippen molar-refractivity contribution in [2.75, 3.05) is 48.1 Å². The molecular weight excluding hydrogens is 1200 g/mol. The Morgan fingerprint density at radius 3 is 2.25 bits per heavy atom. The number of hydrogen-bond acceptors (Lipinski definition) is 19. The summed E-state index contributed by atoms with van der Waals surface area (Å²) < 4.78 is 60.9. The zero-order valence-corrected chi connectivity index (χ0v) is 50.0. The van der Waals surface area contributed by atoms with E-state index in [1.807, 2.05) is 103 Å². The molecule has 4 heterocycles. The number of nitrogens with one attached hydrogen (secondary N) is 1. The normalized spacial score (nSPS) is 37.0. The Labute approximate surface area is 470 Å². The average molecular weight is 1290 g/mol. The van der Waals surface area contributed by atoms with Gasteiger partial charge in [-0.1, -0.05) is 31.2 Å². The number of aliphatic hydroxyl groups is 4. The van der Waals surface area contributed by atoms with Gasteiger partial charge in [0.2, 0.25) is 5.88 Å². The second-order valence-electron chi connectivity index (χ2n) is 21.9. The Bertz CT molecular complexity index is 2120. The van der Waals surface area contributed by atoms with Crippen LogP contribution in [0.4, 0.5) is 4.39 Å². The number of benzene rings is 1. The molecule has 0 unspecified atom stereocenters. The van der Waals surface area contributed by atoms with Crippen LogP contribution in [0.3, 0.4) is 0 Å². The number of hydrazine groups is 1. The first-order valence-electron chi connectivity index (χ1n) is 25.9. The highest BCUT2D eigenvalue weighted by Crippen LogP contribution is 2.39. The van der Waals surface area contributed by atoms with Crippen LogP contribution in [0.5, 0.6) is 5.88 Å². The molecule has 1 aromatic heterocycles. The summed E-state index contributed by atoms with van der Waals surface area (Å²) in [6.45, 7) is 14.3. The highest BCUT2D eigenvalue weighted by molar-refractivity contribution is 14.1. The molecule has 3 aliphatic heterocycles. The third kappa shape index (κ3) is 16.5. The fraction of sp³-hybridized carbons (Fsp3) is 0.736. The summed E-state index contributed by atoms with van der Waals surface area (Å²) in [5.41, 5.74) is -1.23. The summed E-state index contributed by atoms with van der Waals surface area (Å²) in [4.78, 5) is 22.3. The molecule has 5 rings (SSSR count). The van der Waals surface area contributed by atoms with Gasteiger partial charge in [0.15, 0.2) is 16.7 Å². The van der Waals surface area contributed by atoms with Gasteiger partial charge in [-0.25, -0.2) is 15.2 Å². The van der Waals surface area contributed by atoms with Crippen molar-refractivity contribution in [2.24, 2.45) is 17.7 Å². The summed E-state index contributed by atoms with van der Waals surface area (Å²) >= 11 is 3.88. The number of esters is 1. The zero-order valence-electron chi connectivity index (χ0n) is 45.6. The minimum atomic E-state index is -1.84. The maximum atomic E-state index is 14.9. The third-order valence-electron chi connectivity index (χ3n) is 15.7. The van der Waals surface area contributed by atoms with E-state index in [0.717, 1.165) is 22.4 Å². The van der Waals surface area contributed by atoms with Crippen molar-refractivity contribution in [1.82, 2.24) is 23.3 Å². The molecule has 0 radical (unpaired) electrons. The van der Waals surface area contributed by atoms with E-state index >= 15 is 0 Å². The molecule has 22 heteroatoms. The van der Waals surface area contributed by atoms with Crippen LogP contribution in [-0.2, 0) is 38.0 Å². The van der Waals surface area contributed by atoms with E-state index in [2.05, 4.69) is 13.4 Å². The first kappa shape index (κ1) is 63.7. The molecule has 426 valence electrons. The predicted octanol–water partition coefficient (Wildman–Crippen LogP) is 5.88. The van der Waals surface area contributed by atoms with Crippen LogP contribution in [0.1, 0.15) is 106 Å². The predicted molar refractivity (Wildman–Crippen MR) is 298 cm³/mol. The Balaban J connectivity index is 1.36. The van der Waals surface area contributed by atoms with Gasteiger partial charge < -0.3 is 77.0 Å². The number of ether oxygens (including phenoxy) is 7. The van der Waals surface area contributed by atoms with E-state index in [0.29, 0.717) is 32.4 Å². The number of pyridine rings is 1. The van der Waals surface area contributed by atoms with Crippen molar-refractivity contribution in [3.63, 3.8) is 0 Å². The summed E-state index contributed by atoms with van der Waals surface area (Å²) in [7, 11) is 6.89. The van der Waals surface area contributed by atoms with Crippen molar-refractivity contribution in [3.8, 4) is 17.0 Å². The van der Waals surface area contributed by atoms with Crippen molar-refractivity contribution in [3.05, 3.63) is 60.1 Å². The molecule has 1 aromatic carbocycles. The standard InChI is InChI=1S/C53H85FI2N6O13/c1-30-24-51(6,67)42(23-41(73-45-25-52(7,70-12)48(65)34(5)72-45)32(3)49(66)75-50(55)53(8,68)47(64)33(4)61(10)28-30)74-44-22-39(21-31(2)71-44)60(9)20-19-38(59-56)29-62(57)40(26-54)46(69-11)36-15-13-35(14-16-36)37-17-18-43(63)58-27-37/h13-18,27,29-34,39-42,44-48,50,59,64-65,67-68H,19-26,28,57H2,1-12H3,(H,58,63)/b38-29-/t30-,31-,32-,33-,34+,39+,40-,41+,42-,44+,45+,46-,47-,48+,50+,51-,52-,53+/m1/s1. The minimum Gasteiger partial charge on any atom is -0.493 e. The number of aromatic hydroxyl groups is 1. The molecule has 2 aromatic rings. The van der Waals surface area contributed by atoms with E-state index in [-0.39, 0.29) is 43.2 Å². The molecular formula is C53H85FI2N6O13. The van der Waals surface area contributed by atoms with Gasteiger partial charge in [0.25, 0.3) is 0 Å². The number of rotatable bonds is 17. The molecule has 3 fully saturated rings. The fourth-order valence-electron chi connectivity index (χ4n) is 10.6. The van der Waals surface area contributed by atoms with E-state index in [1.165, 1.54) is 32.2 Å². The van der Waals surface area contributed by atoms with Gasteiger partial charge in [-0.15, -0.1) is 0 Å². The molecule has 3 aliphatic rings. The summed E-state index contributed by atoms with van der Waals surface area (Å²) in [5.74, 6) is 4.66. The molecule has 3 saturated heterocycles. The first-order chi connectivity index (χ1) is 35.2. The highest BCUT2D eigenvalue weighted by atomic mass is 127. The van der Waals surface area contributed by atoms with Crippen LogP contribution in [0.15, 0.2) is 54.5 Å². The lowest BCUT2D eigenvalue weighted by atomic mass is 9.83. The Morgan fingerprint density at radius 1 is 0.987 bits per heavy atom. The average Bonchev–Trinajstić information content (AvgIpc) is 3.36. The Hall–Kier alpha value is -2.15. The van der Waals surface area contributed by atoms with Crippen LogP contribution in [0.25, 0.3) is 11.1 Å². The second-order valence-corrected chi connectivity index (χ2v) is 23.5. The van der Waals surface area contributed by atoms with E-state index in [4.69, 9.17) is 39.0 Å². The van der Waals surface area contributed by atoms with Crippen LogP contribution >= 0.6 is 45.5 Å². The van der Waals surface area contributed by atoms with E-state index in [1.54, 1.807) is 53.1 Å². The number of cyclic esters (lactones) is 1. The number of likely N-dealkylation sites (N-methyl/N-ethyl adjacent to an activating group) is 1. The van der Waals surface area contributed by atoms with E-state index < -0.39 is 101 Å². The number of nitrogens with two attached hydrogens (primary N) is 1. The molecule has 0 spiro atoms. The monoisotopic (exact) mass is 1290 g/mol. The number of carbonyl (C=O) groups excluding carboxylic acids is 1. The molecule has 75 heavy (non-hydrogen) atoms. The quantitative estimate of drug-likeness (QED) is 0.0244. The smallest absolute Gasteiger partial charge is 0.312 e. The van der Waals surface area contributed by atoms with Gasteiger partial charge in [0.1, 0.15) is 36.6 Å². The minimum absolute atomic E-state index is 0.0138. The Kier molecular flexibility index (Phi) is 23.6. The SMILES string of the molecule is CO[C@H](c1ccc(-c2ccc(O)nc2)cc1)[C@@H](CF)N(N)/C=C(/CCN(C)[C@@H]1C[C@H](O[C@@H]2C[C@H](O[C@H]3C[C@@](C)(OC)[C@@H](O)[C@H](C)O3)[C@@H](C)C(=O)O[C@H](I)[C@@](C)(O)[C@H](O)[C@@H](C)N(C)C[C@H](C)C[C@@]2(C)O)O[C@H](C)C1)NI. The number of nitrogens with zero attached hydrogens (tertiary/aromatic N) is 4. The van der Waals surface area contributed by atoms with Crippen LogP contribution < -0.4 is 9.37 Å². The summed E-state index contributed by atoms with van der Waals surface area (Å²) in [5, 5.41) is 57.9. The second kappa shape index (κ2) is 27.8. The summed E-state index contributed by atoms with van der Waals surface area (Å²) in [6, 6.07) is 9.33. The molecule has 18 atom stereocenters. The number of carbonyl (C=O) groups is 1. The molecule has 0 amide bonds. The maximum absolute atomic E-state index is 14.9.